The topological polar surface area (TPSA) is 90.8 Å². The minimum atomic E-state index is -3.93. The number of aliphatic carboxylic acids is 1. The Morgan fingerprint density at radius 3 is 2.55 bits per heavy atom. The van der Waals surface area contributed by atoms with Crippen molar-refractivity contribution in [3.05, 3.63) is 64.5 Å². The molecule has 0 saturated carbocycles. The molecule has 1 fully saturated rings. The largest absolute Gasteiger partial charge is 0.480 e. The van der Waals surface area contributed by atoms with Crippen molar-refractivity contribution in [2.24, 2.45) is 0 Å². The monoisotopic (exact) mass is 483 g/mol. The van der Waals surface area contributed by atoms with Crippen molar-refractivity contribution in [3.8, 4) is 11.3 Å². The van der Waals surface area contributed by atoms with E-state index in [1.54, 1.807) is 35.6 Å². The molecule has 9 heteroatoms. The van der Waals surface area contributed by atoms with Crippen LogP contribution in [0.4, 0.5) is 5.13 Å². The first-order chi connectivity index (χ1) is 15.8. The van der Waals surface area contributed by atoms with Crippen LogP contribution in [0.5, 0.6) is 0 Å². The van der Waals surface area contributed by atoms with Gasteiger partial charge in [0.15, 0.2) is 5.13 Å². The van der Waals surface area contributed by atoms with Crippen molar-refractivity contribution in [2.45, 2.75) is 37.1 Å². The molecular formula is C24H25N3O4S2. The fourth-order valence-electron chi connectivity index (χ4n) is 4.47. The zero-order valence-corrected chi connectivity index (χ0v) is 20.1. The Labute approximate surface area is 197 Å². The number of thiazole rings is 1. The number of rotatable bonds is 5. The van der Waals surface area contributed by atoms with E-state index >= 15 is 0 Å². The molecule has 1 aliphatic heterocycles. The smallest absolute Gasteiger partial charge is 0.323 e. The maximum Gasteiger partial charge on any atom is 0.323 e. The lowest BCUT2D eigenvalue weighted by atomic mass is 10.0. The number of aromatic nitrogens is 1. The second-order valence-electron chi connectivity index (χ2n) is 8.74. The highest BCUT2D eigenvalue weighted by Crippen LogP contribution is 2.42. The molecule has 1 aromatic heterocycles. The van der Waals surface area contributed by atoms with E-state index in [4.69, 9.17) is 4.98 Å². The second-order valence-corrected chi connectivity index (χ2v) is 11.7. The van der Waals surface area contributed by atoms with Crippen LogP contribution < -0.4 is 4.90 Å². The highest BCUT2D eigenvalue weighted by Gasteiger charge is 2.41. The predicted molar refractivity (Wildman–Crippen MR) is 128 cm³/mol. The highest BCUT2D eigenvalue weighted by molar-refractivity contribution is 7.89. The summed E-state index contributed by atoms with van der Waals surface area (Å²) < 4.78 is 27.7. The van der Waals surface area contributed by atoms with Crippen LogP contribution >= 0.6 is 11.3 Å². The Kier molecular flexibility index (Phi) is 5.50. The third-order valence-electron chi connectivity index (χ3n) is 6.35. The Balaban J connectivity index is 1.40. The van der Waals surface area contributed by atoms with Gasteiger partial charge in [0.05, 0.1) is 10.6 Å². The molecule has 1 aliphatic carbocycles. The number of benzene rings is 2. The van der Waals surface area contributed by atoms with Crippen LogP contribution in [0.1, 0.15) is 35.8 Å². The number of carboxylic acids is 1. The first-order valence-corrected chi connectivity index (χ1v) is 13.2. The molecule has 1 atom stereocenters. The lowest BCUT2D eigenvalue weighted by Crippen LogP contribution is -2.58. The van der Waals surface area contributed by atoms with Gasteiger partial charge in [-0.15, -0.1) is 11.3 Å². The van der Waals surface area contributed by atoms with E-state index in [-0.39, 0.29) is 23.9 Å². The average molecular weight is 484 g/mol. The molecule has 2 heterocycles. The maximum absolute atomic E-state index is 13.3. The highest BCUT2D eigenvalue weighted by atomic mass is 32.2. The molecule has 1 saturated heterocycles. The first kappa shape index (κ1) is 22.1. The zero-order valence-electron chi connectivity index (χ0n) is 18.4. The molecule has 0 bridgehead atoms. The summed E-state index contributed by atoms with van der Waals surface area (Å²) >= 11 is 1.56. The van der Waals surface area contributed by atoms with E-state index in [2.05, 4.69) is 12.1 Å². The zero-order chi connectivity index (χ0) is 23.3. The van der Waals surface area contributed by atoms with Gasteiger partial charge in [0.25, 0.3) is 0 Å². The molecule has 33 heavy (non-hydrogen) atoms. The molecule has 0 amide bonds. The summed E-state index contributed by atoms with van der Waals surface area (Å²) in [5.41, 5.74) is 4.36. The Morgan fingerprint density at radius 1 is 1.12 bits per heavy atom. The van der Waals surface area contributed by atoms with Gasteiger partial charge in [0.1, 0.15) is 6.04 Å². The number of hydrogen-bond acceptors (Lipinski definition) is 6. The summed E-state index contributed by atoms with van der Waals surface area (Å²) in [6, 6.07) is 13.7. The lowest BCUT2D eigenvalue weighted by Gasteiger charge is -2.38. The van der Waals surface area contributed by atoms with E-state index in [1.807, 2.05) is 30.9 Å². The third-order valence-corrected chi connectivity index (χ3v) is 9.39. The minimum Gasteiger partial charge on any atom is -0.480 e. The predicted octanol–water partition coefficient (Wildman–Crippen LogP) is 3.80. The Hall–Kier alpha value is -2.75. The number of carboxylic acid groups (broad SMARTS) is 1. The number of sulfonamides is 1. The summed E-state index contributed by atoms with van der Waals surface area (Å²) in [5.74, 6) is -0.875. The molecule has 3 aromatic rings. The minimum absolute atomic E-state index is 0.0622. The van der Waals surface area contributed by atoms with Gasteiger partial charge in [0.2, 0.25) is 10.0 Å². The fraction of sp³-hybridized carbons (Fsp3) is 0.333. The van der Waals surface area contributed by atoms with Crippen LogP contribution in [0, 0.1) is 0 Å². The third kappa shape index (κ3) is 3.84. The van der Waals surface area contributed by atoms with Crippen molar-refractivity contribution in [1.82, 2.24) is 9.29 Å². The van der Waals surface area contributed by atoms with Gasteiger partial charge >= 0.3 is 5.97 Å². The van der Waals surface area contributed by atoms with E-state index < -0.39 is 22.0 Å². The van der Waals surface area contributed by atoms with Crippen LogP contribution in [-0.2, 0) is 21.2 Å². The van der Waals surface area contributed by atoms with Crippen LogP contribution in [0.3, 0.4) is 0 Å². The van der Waals surface area contributed by atoms with Gasteiger partial charge in [-0.1, -0.05) is 50.2 Å². The Morgan fingerprint density at radius 2 is 1.85 bits per heavy atom. The summed E-state index contributed by atoms with van der Waals surface area (Å²) in [6.07, 6.45) is 0.826. The number of fused-ring (bicyclic) bond motifs is 3. The van der Waals surface area contributed by atoms with Gasteiger partial charge in [-0.3, -0.25) is 4.79 Å². The Bertz CT molecular complexity index is 1320. The van der Waals surface area contributed by atoms with Crippen LogP contribution in [0.2, 0.25) is 0 Å². The number of anilines is 1. The molecule has 0 spiro atoms. The van der Waals surface area contributed by atoms with Crippen molar-refractivity contribution in [2.75, 3.05) is 24.5 Å². The SMILES string of the molecule is CC(C)c1ccc(S(=O)(=O)N2CCN(c3nc4c(s3)Cc3ccccc3-4)CC2C(=O)O)cc1. The molecule has 0 radical (unpaired) electrons. The van der Waals surface area contributed by atoms with Gasteiger partial charge in [0, 0.05) is 36.5 Å². The van der Waals surface area contributed by atoms with E-state index in [9.17, 15) is 18.3 Å². The standard InChI is InChI=1S/C24H25N3O4S2/c1-15(2)16-7-9-18(10-8-16)33(30,31)27-12-11-26(14-20(27)23(28)29)24-25-22-19-6-4-3-5-17(19)13-21(22)32-24/h3-10,15,20H,11-14H2,1-2H3,(H,28,29). The quantitative estimate of drug-likeness (QED) is 0.464. The van der Waals surface area contributed by atoms with Crippen molar-refractivity contribution < 1.29 is 18.3 Å². The summed E-state index contributed by atoms with van der Waals surface area (Å²) in [6.45, 7) is 4.62. The molecule has 1 unspecified atom stereocenters. The summed E-state index contributed by atoms with van der Waals surface area (Å²) in [4.78, 5) is 20.1. The lowest BCUT2D eigenvalue weighted by molar-refractivity contribution is -0.141. The maximum atomic E-state index is 13.3. The number of carbonyl (C=O) groups is 1. The molecular weight excluding hydrogens is 458 g/mol. The van der Waals surface area contributed by atoms with Gasteiger partial charge < -0.3 is 10.0 Å². The van der Waals surface area contributed by atoms with E-state index in [0.717, 1.165) is 32.7 Å². The van der Waals surface area contributed by atoms with Gasteiger partial charge in [-0.05, 0) is 29.2 Å². The molecule has 5 rings (SSSR count). The van der Waals surface area contributed by atoms with Crippen molar-refractivity contribution in [3.63, 3.8) is 0 Å². The average Bonchev–Trinajstić information content (AvgIpc) is 3.37. The molecule has 2 aromatic carbocycles. The number of hydrogen-bond donors (Lipinski definition) is 1. The molecule has 7 nitrogen and oxygen atoms in total. The number of piperazine rings is 1. The molecule has 172 valence electrons. The molecule has 2 aliphatic rings. The van der Waals surface area contributed by atoms with E-state index in [0.29, 0.717) is 6.54 Å². The first-order valence-electron chi connectivity index (χ1n) is 10.9. The van der Waals surface area contributed by atoms with Crippen LogP contribution in [0.25, 0.3) is 11.3 Å². The molecule has 1 N–H and O–H groups in total. The number of nitrogens with zero attached hydrogens (tertiary/aromatic N) is 3. The summed E-state index contributed by atoms with van der Waals surface area (Å²) in [5, 5.41) is 10.6. The summed E-state index contributed by atoms with van der Waals surface area (Å²) in [7, 11) is -3.93. The van der Waals surface area contributed by atoms with Gasteiger partial charge in [-0.25, -0.2) is 13.4 Å². The second kappa shape index (κ2) is 8.23. The van der Waals surface area contributed by atoms with Crippen molar-refractivity contribution in [1.29, 1.82) is 0 Å². The van der Waals surface area contributed by atoms with Crippen molar-refractivity contribution >= 4 is 32.5 Å². The fourth-order valence-corrected chi connectivity index (χ4v) is 7.17. The van der Waals surface area contributed by atoms with E-state index in [1.165, 1.54) is 10.4 Å². The van der Waals surface area contributed by atoms with Crippen LogP contribution in [0.15, 0.2) is 53.4 Å². The van der Waals surface area contributed by atoms with Crippen LogP contribution in [-0.4, -0.2) is 54.5 Å². The normalized spacial score (nSPS) is 18.4. The van der Waals surface area contributed by atoms with Gasteiger partial charge in [-0.2, -0.15) is 4.31 Å².